The number of rotatable bonds is 1. The summed E-state index contributed by atoms with van der Waals surface area (Å²) in [7, 11) is 0. The highest BCUT2D eigenvalue weighted by Crippen LogP contribution is 2.40. The molecule has 2 aromatic rings. The second-order valence-corrected chi connectivity index (χ2v) is 5.29. The van der Waals surface area contributed by atoms with Crippen molar-refractivity contribution in [3.8, 4) is 0 Å². The fourth-order valence-corrected chi connectivity index (χ4v) is 3.01. The lowest BCUT2D eigenvalue weighted by atomic mass is 9.86. The van der Waals surface area contributed by atoms with Gasteiger partial charge in [-0.1, -0.05) is 34.1 Å². The van der Waals surface area contributed by atoms with Crippen LogP contribution in [0.5, 0.6) is 0 Å². The molecule has 5 heteroatoms. The predicted octanol–water partition coefficient (Wildman–Crippen LogP) is 2.95. The highest BCUT2D eigenvalue weighted by atomic mass is 79.9. The molecule has 4 nitrogen and oxygen atoms in total. The molecule has 1 amide bonds. The van der Waals surface area contributed by atoms with E-state index >= 15 is 0 Å². The third-order valence-corrected chi connectivity index (χ3v) is 3.99. The molecule has 2 heterocycles. The summed E-state index contributed by atoms with van der Waals surface area (Å²) in [6, 6.07) is 8.00. The highest BCUT2D eigenvalue weighted by molar-refractivity contribution is 9.10. The Bertz CT molecular complexity index is 620. The zero-order valence-electron chi connectivity index (χ0n) is 9.83. The minimum atomic E-state index is 0.00903. The topological polar surface area (TPSA) is 57.8 Å². The predicted molar refractivity (Wildman–Crippen MR) is 72.6 cm³/mol. The first-order valence-corrected chi connectivity index (χ1v) is 6.55. The Morgan fingerprint density at radius 3 is 2.94 bits per heavy atom. The molecule has 2 N–H and O–H groups in total. The van der Waals surface area contributed by atoms with Crippen molar-refractivity contribution in [2.75, 3.05) is 5.32 Å². The molecule has 1 aromatic heterocycles. The quantitative estimate of drug-likeness (QED) is 0.851. The van der Waals surface area contributed by atoms with Gasteiger partial charge in [-0.2, -0.15) is 5.10 Å². The molecular formula is C13H12BrN3O. The Balaban J connectivity index is 2.16. The number of carbonyl (C=O) groups excluding carboxylic acids is 1. The van der Waals surface area contributed by atoms with E-state index in [1.54, 1.807) is 0 Å². The van der Waals surface area contributed by atoms with Crippen LogP contribution in [0.2, 0.25) is 0 Å². The lowest BCUT2D eigenvalue weighted by molar-refractivity contribution is -0.116. The zero-order chi connectivity index (χ0) is 12.7. The molecule has 1 aliphatic rings. The van der Waals surface area contributed by atoms with Crippen LogP contribution in [-0.2, 0) is 4.79 Å². The summed E-state index contributed by atoms with van der Waals surface area (Å²) in [5.41, 5.74) is 3.21. The van der Waals surface area contributed by atoms with E-state index in [2.05, 4.69) is 31.4 Å². The number of hydrogen-bond donors (Lipinski definition) is 2. The summed E-state index contributed by atoms with van der Waals surface area (Å²) in [6.07, 6.45) is 0.454. The Morgan fingerprint density at radius 2 is 2.17 bits per heavy atom. The van der Waals surface area contributed by atoms with E-state index in [9.17, 15) is 4.79 Å². The summed E-state index contributed by atoms with van der Waals surface area (Å²) >= 11 is 3.55. The minimum absolute atomic E-state index is 0.00903. The summed E-state index contributed by atoms with van der Waals surface area (Å²) in [5, 5.41) is 9.88. The largest absolute Gasteiger partial charge is 0.309 e. The van der Waals surface area contributed by atoms with E-state index in [1.165, 1.54) is 0 Å². The Labute approximate surface area is 113 Å². The zero-order valence-corrected chi connectivity index (χ0v) is 11.4. The van der Waals surface area contributed by atoms with Crippen LogP contribution in [0.3, 0.4) is 0 Å². The van der Waals surface area contributed by atoms with Gasteiger partial charge in [-0.05, 0) is 18.6 Å². The summed E-state index contributed by atoms with van der Waals surface area (Å²) < 4.78 is 1.02. The van der Waals surface area contributed by atoms with Gasteiger partial charge in [-0.25, -0.2) is 0 Å². The van der Waals surface area contributed by atoms with Crippen molar-refractivity contribution < 1.29 is 4.79 Å². The number of fused-ring (bicyclic) bond motifs is 1. The van der Waals surface area contributed by atoms with Crippen LogP contribution in [0, 0.1) is 6.92 Å². The molecule has 0 fully saturated rings. The third-order valence-electron chi connectivity index (χ3n) is 3.27. The summed E-state index contributed by atoms with van der Waals surface area (Å²) in [5.74, 6) is 0.724. The molecule has 0 radical (unpaired) electrons. The van der Waals surface area contributed by atoms with Crippen molar-refractivity contribution in [1.29, 1.82) is 0 Å². The number of amides is 1. The van der Waals surface area contributed by atoms with Crippen LogP contribution < -0.4 is 5.32 Å². The first kappa shape index (κ1) is 11.5. The average Bonchev–Trinajstić information content (AvgIpc) is 2.71. The van der Waals surface area contributed by atoms with Gasteiger partial charge in [0, 0.05) is 28.1 Å². The van der Waals surface area contributed by atoms with Gasteiger partial charge in [0.25, 0.3) is 0 Å². The van der Waals surface area contributed by atoms with Gasteiger partial charge in [0.15, 0.2) is 5.82 Å². The van der Waals surface area contributed by atoms with Crippen molar-refractivity contribution in [3.05, 3.63) is 45.6 Å². The standard InChI is InChI=1S/C13H12BrN3O/c1-7-12-9(8-4-2-3-5-10(8)14)6-11(18)15-13(12)17-16-7/h2-5,9H,6H2,1H3,(H2,15,16,17,18). The van der Waals surface area contributed by atoms with E-state index in [0.717, 1.165) is 21.3 Å². The molecule has 0 saturated heterocycles. The molecule has 1 aliphatic heterocycles. The smallest absolute Gasteiger partial charge is 0.226 e. The lowest BCUT2D eigenvalue weighted by Gasteiger charge is -2.23. The normalized spacial score (nSPS) is 18.3. The number of aromatic amines is 1. The van der Waals surface area contributed by atoms with Gasteiger partial charge < -0.3 is 5.32 Å². The number of aryl methyl sites for hydroxylation is 1. The van der Waals surface area contributed by atoms with Gasteiger partial charge in [-0.15, -0.1) is 0 Å². The second-order valence-electron chi connectivity index (χ2n) is 4.44. The van der Waals surface area contributed by atoms with Gasteiger partial charge in [0.2, 0.25) is 5.91 Å². The Hall–Kier alpha value is -1.62. The van der Waals surface area contributed by atoms with Crippen molar-refractivity contribution in [1.82, 2.24) is 10.2 Å². The highest BCUT2D eigenvalue weighted by Gasteiger charge is 2.31. The van der Waals surface area contributed by atoms with E-state index in [-0.39, 0.29) is 11.8 Å². The monoisotopic (exact) mass is 305 g/mol. The summed E-state index contributed by atoms with van der Waals surface area (Å²) in [4.78, 5) is 11.7. The molecule has 18 heavy (non-hydrogen) atoms. The fourth-order valence-electron chi connectivity index (χ4n) is 2.45. The van der Waals surface area contributed by atoms with Crippen molar-refractivity contribution in [2.24, 2.45) is 0 Å². The SMILES string of the molecule is Cc1[nH]nc2c1C(c1ccccc1Br)CC(=O)N2. The number of nitrogens with zero attached hydrogens (tertiary/aromatic N) is 1. The Morgan fingerprint density at radius 1 is 1.39 bits per heavy atom. The van der Waals surface area contributed by atoms with Crippen LogP contribution in [0.25, 0.3) is 0 Å². The number of anilines is 1. The molecule has 3 rings (SSSR count). The van der Waals surface area contributed by atoms with Crippen LogP contribution in [0.1, 0.15) is 29.2 Å². The number of halogens is 1. The second kappa shape index (κ2) is 4.24. The fraction of sp³-hybridized carbons (Fsp3) is 0.231. The molecule has 1 aromatic carbocycles. The molecule has 92 valence electrons. The van der Waals surface area contributed by atoms with Crippen LogP contribution in [0.4, 0.5) is 5.82 Å². The molecule has 0 bridgehead atoms. The van der Waals surface area contributed by atoms with E-state index < -0.39 is 0 Å². The molecule has 0 saturated carbocycles. The number of hydrogen-bond acceptors (Lipinski definition) is 2. The van der Waals surface area contributed by atoms with Crippen molar-refractivity contribution in [3.63, 3.8) is 0 Å². The van der Waals surface area contributed by atoms with Crippen LogP contribution in [0.15, 0.2) is 28.7 Å². The lowest BCUT2D eigenvalue weighted by Crippen LogP contribution is -2.23. The molecule has 0 aliphatic carbocycles. The number of benzene rings is 1. The number of aromatic nitrogens is 2. The minimum Gasteiger partial charge on any atom is -0.309 e. The van der Waals surface area contributed by atoms with Crippen molar-refractivity contribution >= 4 is 27.7 Å². The summed E-state index contributed by atoms with van der Waals surface area (Å²) in [6.45, 7) is 1.98. The van der Waals surface area contributed by atoms with E-state index in [4.69, 9.17) is 0 Å². The van der Waals surface area contributed by atoms with Gasteiger partial charge in [-0.3, -0.25) is 9.89 Å². The number of nitrogens with one attached hydrogen (secondary N) is 2. The average molecular weight is 306 g/mol. The number of H-pyrrole nitrogens is 1. The molecule has 1 atom stereocenters. The molecule has 1 unspecified atom stereocenters. The first-order chi connectivity index (χ1) is 8.66. The molecular weight excluding hydrogens is 294 g/mol. The van der Waals surface area contributed by atoms with E-state index in [1.807, 2.05) is 31.2 Å². The maximum Gasteiger partial charge on any atom is 0.226 e. The first-order valence-electron chi connectivity index (χ1n) is 5.76. The van der Waals surface area contributed by atoms with Gasteiger partial charge in [0.1, 0.15) is 0 Å². The maximum atomic E-state index is 11.7. The van der Waals surface area contributed by atoms with Crippen molar-refractivity contribution in [2.45, 2.75) is 19.3 Å². The Kier molecular flexibility index (Phi) is 2.70. The van der Waals surface area contributed by atoms with Gasteiger partial charge in [0.05, 0.1) is 0 Å². The number of carbonyl (C=O) groups is 1. The van der Waals surface area contributed by atoms with Crippen LogP contribution in [-0.4, -0.2) is 16.1 Å². The van der Waals surface area contributed by atoms with Crippen LogP contribution >= 0.6 is 15.9 Å². The van der Waals surface area contributed by atoms with Gasteiger partial charge >= 0.3 is 0 Å². The molecule has 0 spiro atoms. The maximum absolute atomic E-state index is 11.7. The third kappa shape index (κ3) is 1.75. The van der Waals surface area contributed by atoms with E-state index in [0.29, 0.717) is 12.2 Å².